The van der Waals surface area contributed by atoms with E-state index in [9.17, 15) is 0 Å². The quantitative estimate of drug-likeness (QED) is 0.803. The lowest BCUT2D eigenvalue weighted by Gasteiger charge is -2.15. The maximum Gasteiger partial charge on any atom is 0.266 e. The summed E-state index contributed by atoms with van der Waals surface area (Å²) in [7, 11) is 0. The van der Waals surface area contributed by atoms with E-state index in [1.807, 2.05) is 4.90 Å². The Morgan fingerprint density at radius 3 is 2.44 bits per heavy atom. The van der Waals surface area contributed by atoms with Crippen molar-refractivity contribution >= 4 is 5.95 Å². The van der Waals surface area contributed by atoms with Gasteiger partial charge in [0.05, 0.1) is 6.04 Å². The minimum absolute atomic E-state index is 0.165. The molecule has 0 fully saturated rings. The Kier molecular flexibility index (Phi) is 4.73. The lowest BCUT2D eigenvalue weighted by atomic mass is 10.0. The van der Waals surface area contributed by atoms with Crippen LogP contribution in [0.1, 0.15) is 46.0 Å². The molecule has 2 atom stereocenters. The zero-order chi connectivity index (χ0) is 12.1. The van der Waals surface area contributed by atoms with Crippen molar-refractivity contribution in [3.63, 3.8) is 0 Å². The number of hydrogen-bond acceptors (Lipinski definition) is 5. The number of hydrogen-bond donors (Lipinski definition) is 1. The van der Waals surface area contributed by atoms with E-state index in [-0.39, 0.29) is 6.04 Å². The second-order valence-electron chi connectivity index (χ2n) is 4.02. The summed E-state index contributed by atoms with van der Waals surface area (Å²) in [4.78, 5) is 6.38. The van der Waals surface area contributed by atoms with Crippen molar-refractivity contribution in [2.45, 2.75) is 40.2 Å². The molecule has 0 saturated carbocycles. The van der Waals surface area contributed by atoms with Crippen molar-refractivity contribution in [2.24, 2.45) is 11.7 Å². The maximum atomic E-state index is 6.03. The standard InChI is InChI=1S/C11H22N4O/c1-5-8(4)9(12)10-13-11(14-16-10)15(6-2)7-3/h8-9H,5-7,12H2,1-4H3/t8?,9-/m0/s1. The van der Waals surface area contributed by atoms with Gasteiger partial charge < -0.3 is 15.2 Å². The summed E-state index contributed by atoms with van der Waals surface area (Å²) >= 11 is 0. The average molecular weight is 226 g/mol. The van der Waals surface area contributed by atoms with Gasteiger partial charge in [-0.1, -0.05) is 20.3 Å². The highest BCUT2D eigenvalue weighted by Crippen LogP contribution is 2.21. The minimum Gasteiger partial charge on any atom is -0.339 e. The van der Waals surface area contributed by atoms with Crippen molar-refractivity contribution in [3.8, 4) is 0 Å². The number of aromatic nitrogens is 2. The monoisotopic (exact) mass is 226 g/mol. The molecule has 0 aromatic carbocycles. The first kappa shape index (κ1) is 13.0. The van der Waals surface area contributed by atoms with Gasteiger partial charge in [0, 0.05) is 13.1 Å². The molecule has 0 radical (unpaired) electrons. The molecule has 2 N–H and O–H groups in total. The molecule has 0 aliphatic heterocycles. The fourth-order valence-corrected chi connectivity index (χ4v) is 1.49. The van der Waals surface area contributed by atoms with Crippen LogP contribution in [0.2, 0.25) is 0 Å². The second kappa shape index (κ2) is 5.84. The van der Waals surface area contributed by atoms with Gasteiger partial charge in [0.1, 0.15) is 0 Å². The molecule has 5 heteroatoms. The van der Waals surface area contributed by atoms with Crippen molar-refractivity contribution in [1.82, 2.24) is 10.1 Å². The normalized spacial score (nSPS) is 14.8. The molecule has 0 aliphatic carbocycles. The Morgan fingerprint density at radius 1 is 1.31 bits per heavy atom. The van der Waals surface area contributed by atoms with E-state index in [0.29, 0.717) is 17.8 Å². The summed E-state index contributed by atoms with van der Waals surface area (Å²) in [6, 6.07) is -0.165. The number of nitrogens with two attached hydrogens (primary N) is 1. The summed E-state index contributed by atoms with van der Waals surface area (Å²) in [5.41, 5.74) is 6.03. The van der Waals surface area contributed by atoms with Gasteiger partial charge in [0.15, 0.2) is 0 Å². The van der Waals surface area contributed by atoms with Crippen LogP contribution in [0.5, 0.6) is 0 Å². The summed E-state index contributed by atoms with van der Waals surface area (Å²) in [6.07, 6.45) is 1.00. The smallest absolute Gasteiger partial charge is 0.266 e. The lowest BCUT2D eigenvalue weighted by Crippen LogP contribution is -2.23. The zero-order valence-electron chi connectivity index (χ0n) is 10.6. The van der Waals surface area contributed by atoms with Crippen molar-refractivity contribution in [3.05, 3.63) is 5.89 Å². The SMILES string of the molecule is CCC(C)[C@H](N)c1nc(N(CC)CC)no1. The first-order valence-electron chi connectivity index (χ1n) is 5.98. The third kappa shape index (κ3) is 2.72. The second-order valence-corrected chi connectivity index (χ2v) is 4.02. The van der Waals surface area contributed by atoms with Crippen LogP contribution in [0.15, 0.2) is 4.52 Å². The molecule has 1 aromatic rings. The molecule has 1 rings (SSSR count). The van der Waals surface area contributed by atoms with Crippen molar-refractivity contribution < 1.29 is 4.52 Å². The van der Waals surface area contributed by atoms with Gasteiger partial charge in [0.25, 0.3) is 5.95 Å². The first-order chi connectivity index (χ1) is 7.63. The van der Waals surface area contributed by atoms with Crippen molar-refractivity contribution in [1.29, 1.82) is 0 Å². The van der Waals surface area contributed by atoms with Gasteiger partial charge in [-0.2, -0.15) is 4.98 Å². The highest BCUT2D eigenvalue weighted by atomic mass is 16.5. The Morgan fingerprint density at radius 2 is 1.94 bits per heavy atom. The van der Waals surface area contributed by atoms with Gasteiger partial charge in [0.2, 0.25) is 5.89 Å². The number of anilines is 1. The molecule has 0 aliphatic rings. The molecule has 0 saturated heterocycles. The van der Waals surface area contributed by atoms with Crippen LogP contribution in [0.3, 0.4) is 0 Å². The molecule has 1 unspecified atom stereocenters. The average Bonchev–Trinajstić information content (AvgIpc) is 2.78. The third-order valence-corrected chi connectivity index (χ3v) is 3.02. The van der Waals surface area contributed by atoms with Crippen LogP contribution in [-0.2, 0) is 0 Å². The van der Waals surface area contributed by atoms with E-state index in [1.54, 1.807) is 0 Å². The molecule has 0 bridgehead atoms. The van der Waals surface area contributed by atoms with Crippen molar-refractivity contribution in [2.75, 3.05) is 18.0 Å². The maximum absolute atomic E-state index is 6.03. The van der Waals surface area contributed by atoms with Gasteiger partial charge in [-0.25, -0.2) is 0 Å². The summed E-state index contributed by atoms with van der Waals surface area (Å²) in [5, 5.41) is 3.96. The topological polar surface area (TPSA) is 68.2 Å². The Bertz CT molecular complexity index is 309. The highest BCUT2D eigenvalue weighted by Gasteiger charge is 2.21. The number of nitrogens with zero attached hydrogens (tertiary/aromatic N) is 3. The van der Waals surface area contributed by atoms with Gasteiger partial charge in [-0.05, 0) is 24.9 Å². The van der Waals surface area contributed by atoms with Crippen LogP contribution in [-0.4, -0.2) is 23.2 Å². The molecular weight excluding hydrogens is 204 g/mol. The summed E-state index contributed by atoms with van der Waals surface area (Å²) in [6.45, 7) is 10.1. The predicted molar refractivity (Wildman–Crippen MR) is 64.2 cm³/mol. The Hall–Kier alpha value is -1.10. The van der Waals surface area contributed by atoms with Gasteiger partial charge in [-0.15, -0.1) is 0 Å². The number of rotatable bonds is 6. The van der Waals surface area contributed by atoms with E-state index in [4.69, 9.17) is 10.3 Å². The van der Waals surface area contributed by atoms with E-state index >= 15 is 0 Å². The molecule has 92 valence electrons. The molecule has 16 heavy (non-hydrogen) atoms. The summed E-state index contributed by atoms with van der Waals surface area (Å²) in [5.74, 6) is 1.53. The zero-order valence-corrected chi connectivity index (χ0v) is 10.6. The first-order valence-corrected chi connectivity index (χ1v) is 5.98. The van der Waals surface area contributed by atoms with E-state index < -0.39 is 0 Å². The van der Waals surface area contributed by atoms with Gasteiger partial charge in [-0.3, -0.25) is 0 Å². The van der Waals surface area contributed by atoms with Crippen LogP contribution >= 0.6 is 0 Å². The van der Waals surface area contributed by atoms with E-state index in [2.05, 4.69) is 37.8 Å². The fraction of sp³-hybridized carbons (Fsp3) is 0.818. The molecule has 1 aromatic heterocycles. The molecule has 5 nitrogen and oxygen atoms in total. The van der Waals surface area contributed by atoms with E-state index in [1.165, 1.54) is 0 Å². The Balaban J connectivity index is 2.77. The molecule has 1 heterocycles. The van der Waals surface area contributed by atoms with Crippen LogP contribution < -0.4 is 10.6 Å². The third-order valence-electron chi connectivity index (χ3n) is 3.02. The predicted octanol–water partition coefficient (Wildman–Crippen LogP) is 1.96. The van der Waals surface area contributed by atoms with E-state index in [0.717, 1.165) is 19.5 Å². The van der Waals surface area contributed by atoms with Crippen LogP contribution in [0.25, 0.3) is 0 Å². The van der Waals surface area contributed by atoms with Crippen LogP contribution in [0, 0.1) is 5.92 Å². The summed E-state index contributed by atoms with van der Waals surface area (Å²) < 4.78 is 5.21. The Labute approximate surface area is 97.0 Å². The highest BCUT2D eigenvalue weighted by molar-refractivity contribution is 5.27. The molecular formula is C11H22N4O. The largest absolute Gasteiger partial charge is 0.339 e. The lowest BCUT2D eigenvalue weighted by molar-refractivity contribution is 0.312. The minimum atomic E-state index is -0.165. The van der Waals surface area contributed by atoms with Gasteiger partial charge >= 0.3 is 0 Å². The van der Waals surface area contributed by atoms with Crippen LogP contribution in [0.4, 0.5) is 5.95 Å². The fourth-order valence-electron chi connectivity index (χ4n) is 1.49. The molecule has 0 amide bonds. The molecule has 0 spiro atoms.